The van der Waals surface area contributed by atoms with Gasteiger partial charge in [-0.1, -0.05) is 12.5 Å². The van der Waals surface area contributed by atoms with E-state index in [2.05, 4.69) is 33.5 Å². The second kappa shape index (κ2) is 9.63. The molecule has 2 N–H and O–H groups in total. The van der Waals surface area contributed by atoms with E-state index in [1.807, 2.05) is 6.92 Å². The minimum atomic E-state index is -0.832. The van der Waals surface area contributed by atoms with Crippen LogP contribution >= 0.6 is 0 Å². The van der Waals surface area contributed by atoms with Crippen LogP contribution in [0.25, 0.3) is 21.9 Å². The Hall–Kier alpha value is -4.30. The van der Waals surface area contributed by atoms with E-state index in [1.54, 1.807) is 33.5 Å². The monoisotopic (exact) mass is 505 g/mol. The van der Waals surface area contributed by atoms with E-state index in [9.17, 15) is 9.18 Å². The molecule has 1 fully saturated rings. The molecule has 1 aromatic carbocycles. The summed E-state index contributed by atoms with van der Waals surface area (Å²) in [5, 5.41) is 5.13. The molecular weight excluding hydrogens is 480 g/mol. The molecule has 5 rings (SSSR count). The van der Waals surface area contributed by atoms with Crippen LogP contribution < -0.4 is 5.73 Å². The molecule has 1 saturated heterocycles. The number of imidazole rings is 1. The normalized spacial score (nSPS) is 17.4. The number of methoxy groups -OCH3 is 1. The van der Waals surface area contributed by atoms with Crippen LogP contribution in [0, 0.1) is 23.5 Å². The average Bonchev–Trinajstić information content (AvgIpc) is 3.59. The number of rotatable bonds is 5. The SMILES string of the molecule is C=CC(=O)N1C[C@@H](n2nc(C#Cc3c(F)cc4c(ncn4CC)c3F)c3c(N)nccc32)C[C@@H]1COC. The maximum Gasteiger partial charge on any atom is 0.246 e. The lowest BCUT2D eigenvalue weighted by Gasteiger charge is -2.22. The fraction of sp³-hybridized carbons (Fsp3) is 0.308. The number of ether oxygens (including phenoxy) is 1. The number of pyridine rings is 1. The van der Waals surface area contributed by atoms with Gasteiger partial charge < -0.3 is 19.9 Å². The molecule has 1 aliphatic heterocycles. The van der Waals surface area contributed by atoms with Gasteiger partial charge in [-0.3, -0.25) is 9.48 Å². The molecular formula is C26H25F2N7O2. The lowest BCUT2D eigenvalue weighted by atomic mass is 10.1. The first-order valence-corrected chi connectivity index (χ1v) is 11.8. The molecule has 37 heavy (non-hydrogen) atoms. The Morgan fingerprint density at radius 2 is 2.14 bits per heavy atom. The van der Waals surface area contributed by atoms with Gasteiger partial charge in [-0.2, -0.15) is 5.10 Å². The fourth-order valence-corrected chi connectivity index (χ4v) is 4.90. The van der Waals surface area contributed by atoms with Crippen molar-refractivity contribution in [2.75, 3.05) is 26.0 Å². The van der Waals surface area contributed by atoms with E-state index in [4.69, 9.17) is 10.5 Å². The van der Waals surface area contributed by atoms with E-state index in [0.717, 1.165) is 0 Å². The van der Waals surface area contributed by atoms with Gasteiger partial charge in [-0.15, -0.1) is 0 Å². The number of fused-ring (bicyclic) bond motifs is 2. The summed E-state index contributed by atoms with van der Waals surface area (Å²) < 4.78 is 38.7. The number of halogens is 2. The number of aromatic nitrogens is 5. The number of nitrogens with zero attached hydrogens (tertiary/aromatic N) is 6. The van der Waals surface area contributed by atoms with Crippen LogP contribution in [0.1, 0.15) is 30.6 Å². The number of aryl methyl sites for hydroxylation is 1. The van der Waals surface area contributed by atoms with Crippen molar-refractivity contribution < 1.29 is 18.3 Å². The molecule has 11 heteroatoms. The van der Waals surface area contributed by atoms with Crippen LogP contribution in [0.3, 0.4) is 0 Å². The maximum atomic E-state index is 15.2. The third kappa shape index (κ3) is 4.09. The summed E-state index contributed by atoms with van der Waals surface area (Å²) in [6.07, 6.45) is 4.87. The predicted octanol–water partition coefficient (Wildman–Crippen LogP) is 3.04. The molecule has 0 saturated carbocycles. The second-order valence-electron chi connectivity index (χ2n) is 8.77. The summed E-state index contributed by atoms with van der Waals surface area (Å²) >= 11 is 0. The van der Waals surface area contributed by atoms with Gasteiger partial charge in [-0.05, 0) is 31.4 Å². The summed E-state index contributed by atoms with van der Waals surface area (Å²) in [4.78, 5) is 22.3. The van der Waals surface area contributed by atoms with Crippen LogP contribution in [0.4, 0.5) is 14.6 Å². The largest absolute Gasteiger partial charge is 0.383 e. The Morgan fingerprint density at radius 1 is 1.32 bits per heavy atom. The Labute approximate surface area is 211 Å². The molecule has 4 heterocycles. The number of carbonyl (C=O) groups excluding carboxylic acids is 1. The number of hydrogen-bond acceptors (Lipinski definition) is 6. The third-order valence-corrected chi connectivity index (χ3v) is 6.66. The number of anilines is 1. The summed E-state index contributed by atoms with van der Waals surface area (Å²) in [5.74, 6) is 3.77. The zero-order chi connectivity index (χ0) is 26.3. The van der Waals surface area contributed by atoms with Gasteiger partial charge in [0.1, 0.15) is 22.8 Å². The topological polar surface area (TPSA) is 104 Å². The van der Waals surface area contributed by atoms with E-state index < -0.39 is 17.2 Å². The van der Waals surface area contributed by atoms with Crippen molar-refractivity contribution in [3.05, 3.63) is 60.2 Å². The van der Waals surface area contributed by atoms with Crippen molar-refractivity contribution >= 4 is 33.7 Å². The summed E-state index contributed by atoms with van der Waals surface area (Å²) in [7, 11) is 1.58. The molecule has 0 radical (unpaired) electrons. The average molecular weight is 506 g/mol. The number of nitrogen functional groups attached to an aromatic ring is 1. The van der Waals surface area contributed by atoms with Gasteiger partial charge in [0, 0.05) is 32.5 Å². The highest BCUT2D eigenvalue weighted by Gasteiger charge is 2.36. The third-order valence-electron chi connectivity index (χ3n) is 6.66. The standard InChI is InChI=1S/C26H25F2N7O2/c1-4-22(36)34-12-15(10-16(34)13-37-3)35-20-8-9-30-26(29)23(20)19(32-35)7-6-17-18(27)11-21-25(24(17)28)31-14-33(21)5-2/h4,8-9,11,14-16H,1,5,10,12-13H2,2-3H3,(H2,29,30)/t15-,16+/m0/s1. The molecule has 2 atom stereocenters. The highest BCUT2D eigenvalue weighted by atomic mass is 19.1. The van der Waals surface area contributed by atoms with Crippen molar-refractivity contribution in [1.29, 1.82) is 0 Å². The highest BCUT2D eigenvalue weighted by molar-refractivity contribution is 5.93. The smallest absolute Gasteiger partial charge is 0.246 e. The van der Waals surface area contributed by atoms with E-state index in [-0.39, 0.29) is 35.0 Å². The number of nitrogens with two attached hydrogens (primary N) is 1. The lowest BCUT2D eigenvalue weighted by molar-refractivity contribution is -0.127. The van der Waals surface area contributed by atoms with E-state index in [1.165, 1.54) is 18.5 Å². The first-order valence-electron chi connectivity index (χ1n) is 11.8. The van der Waals surface area contributed by atoms with Crippen molar-refractivity contribution in [3.8, 4) is 11.8 Å². The summed E-state index contributed by atoms with van der Waals surface area (Å²) in [6.45, 7) is 6.72. The fourth-order valence-electron chi connectivity index (χ4n) is 4.90. The van der Waals surface area contributed by atoms with Crippen LogP contribution in [0.5, 0.6) is 0 Å². The zero-order valence-electron chi connectivity index (χ0n) is 20.4. The molecule has 0 spiro atoms. The van der Waals surface area contributed by atoms with Gasteiger partial charge in [-0.25, -0.2) is 18.7 Å². The quantitative estimate of drug-likeness (QED) is 0.330. The molecule has 0 aliphatic carbocycles. The number of benzene rings is 1. The van der Waals surface area contributed by atoms with Crippen molar-refractivity contribution in [1.82, 2.24) is 29.2 Å². The lowest BCUT2D eigenvalue weighted by Crippen LogP contribution is -2.37. The van der Waals surface area contributed by atoms with Crippen LogP contribution in [-0.2, 0) is 16.1 Å². The Balaban J connectivity index is 1.59. The minimum absolute atomic E-state index is 0.0474. The van der Waals surface area contributed by atoms with Crippen molar-refractivity contribution in [2.45, 2.75) is 32.0 Å². The van der Waals surface area contributed by atoms with Gasteiger partial charge in [0.25, 0.3) is 0 Å². The van der Waals surface area contributed by atoms with Gasteiger partial charge in [0.15, 0.2) is 5.82 Å². The molecule has 0 unspecified atom stereocenters. The minimum Gasteiger partial charge on any atom is -0.383 e. The highest BCUT2D eigenvalue weighted by Crippen LogP contribution is 2.33. The van der Waals surface area contributed by atoms with Crippen LogP contribution in [-0.4, -0.2) is 61.4 Å². The first kappa shape index (κ1) is 24.4. The predicted molar refractivity (Wildman–Crippen MR) is 134 cm³/mol. The van der Waals surface area contributed by atoms with Crippen LogP contribution in [0.2, 0.25) is 0 Å². The first-order chi connectivity index (χ1) is 17.9. The molecule has 3 aromatic heterocycles. The molecule has 9 nitrogen and oxygen atoms in total. The number of carbonyl (C=O) groups is 1. The van der Waals surface area contributed by atoms with Crippen molar-refractivity contribution in [2.24, 2.45) is 0 Å². The summed E-state index contributed by atoms with van der Waals surface area (Å²) in [6, 6.07) is 2.61. The van der Waals surface area contributed by atoms with E-state index >= 15 is 4.39 Å². The second-order valence-corrected chi connectivity index (χ2v) is 8.77. The molecule has 190 valence electrons. The molecule has 4 aromatic rings. The van der Waals surface area contributed by atoms with Gasteiger partial charge in [0.05, 0.1) is 47.0 Å². The molecule has 1 aliphatic rings. The number of likely N-dealkylation sites (tertiary alicyclic amines) is 1. The van der Waals surface area contributed by atoms with Crippen molar-refractivity contribution in [3.63, 3.8) is 0 Å². The van der Waals surface area contributed by atoms with E-state index in [0.29, 0.717) is 42.5 Å². The molecule has 0 bridgehead atoms. The number of amides is 1. The Kier molecular flexibility index (Phi) is 6.35. The summed E-state index contributed by atoms with van der Waals surface area (Å²) in [5.41, 5.74) is 7.06. The van der Waals surface area contributed by atoms with Crippen LogP contribution in [0.15, 0.2) is 37.3 Å². The zero-order valence-corrected chi connectivity index (χ0v) is 20.4. The van der Waals surface area contributed by atoms with Gasteiger partial charge >= 0.3 is 0 Å². The number of hydrogen-bond donors (Lipinski definition) is 1. The van der Waals surface area contributed by atoms with Gasteiger partial charge in [0.2, 0.25) is 5.91 Å². The maximum absolute atomic E-state index is 15.2. The Bertz CT molecular complexity index is 1600. The Morgan fingerprint density at radius 3 is 2.86 bits per heavy atom. The molecule has 1 amide bonds.